The van der Waals surface area contributed by atoms with Crippen molar-refractivity contribution >= 4 is 34.1 Å². The minimum atomic E-state index is -0.708. The van der Waals surface area contributed by atoms with Gasteiger partial charge < -0.3 is 10.3 Å². The molecule has 1 aromatic heterocycles. The third-order valence-electron chi connectivity index (χ3n) is 5.19. The number of pyridine rings is 1. The molecule has 0 saturated carbocycles. The highest BCUT2D eigenvalue weighted by Crippen LogP contribution is 2.25. The molecule has 0 unspecified atom stereocenters. The smallest absolute Gasteiger partial charge is 0.238 e. The number of nitrogens with zero attached hydrogens (tertiary/aromatic N) is 1. The van der Waals surface area contributed by atoms with Crippen LogP contribution >= 0.6 is 11.6 Å². The van der Waals surface area contributed by atoms with Crippen LogP contribution < -0.4 is 10.7 Å². The van der Waals surface area contributed by atoms with Gasteiger partial charge in [0.25, 0.3) is 0 Å². The van der Waals surface area contributed by atoms with Crippen molar-refractivity contribution in [3.8, 4) is 0 Å². The first-order chi connectivity index (χ1) is 13.8. The SMILES string of the molecule is Cc1c(Cl)ccc2c(=O)c3c([nH]c12)CCN(CC(=O)Nc1cc(F)ccc1F)C3. The van der Waals surface area contributed by atoms with E-state index in [4.69, 9.17) is 11.6 Å². The van der Waals surface area contributed by atoms with Crippen molar-refractivity contribution < 1.29 is 13.6 Å². The highest BCUT2D eigenvalue weighted by Gasteiger charge is 2.23. The second-order valence-corrected chi connectivity index (χ2v) is 7.55. The van der Waals surface area contributed by atoms with Gasteiger partial charge in [-0.15, -0.1) is 0 Å². The van der Waals surface area contributed by atoms with Gasteiger partial charge >= 0.3 is 0 Å². The minimum absolute atomic E-state index is 0.0352. The molecular formula is C21H18ClF2N3O2. The maximum atomic E-state index is 13.7. The lowest BCUT2D eigenvalue weighted by molar-refractivity contribution is -0.117. The number of hydrogen-bond acceptors (Lipinski definition) is 3. The summed E-state index contributed by atoms with van der Waals surface area (Å²) in [5, 5.41) is 3.53. The van der Waals surface area contributed by atoms with Crippen LogP contribution in [0.1, 0.15) is 16.8 Å². The molecule has 1 aliphatic rings. The number of H-pyrrole nitrogens is 1. The van der Waals surface area contributed by atoms with Crippen LogP contribution in [0.4, 0.5) is 14.5 Å². The molecule has 3 aromatic rings. The van der Waals surface area contributed by atoms with Crippen LogP contribution in [0.2, 0.25) is 5.02 Å². The zero-order valence-corrected chi connectivity index (χ0v) is 16.4. The molecule has 8 heteroatoms. The lowest BCUT2D eigenvalue weighted by atomic mass is 10.0. The van der Waals surface area contributed by atoms with E-state index in [2.05, 4.69) is 10.3 Å². The van der Waals surface area contributed by atoms with Crippen LogP contribution in [-0.4, -0.2) is 28.9 Å². The van der Waals surface area contributed by atoms with Gasteiger partial charge in [-0.1, -0.05) is 11.6 Å². The second kappa shape index (κ2) is 7.57. The Bertz CT molecular complexity index is 1190. The molecule has 0 spiro atoms. The Morgan fingerprint density at radius 3 is 2.86 bits per heavy atom. The average Bonchev–Trinajstić information content (AvgIpc) is 2.68. The molecule has 1 aliphatic heterocycles. The van der Waals surface area contributed by atoms with Gasteiger partial charge in [-0.3, -0.25) is 14.5 Å². The number of anilines is 1. The summed E-state index contributed by atoms with van der Waals surface area (Å²) in [4.78, 5) is 30.4. The van der Waals surface area contributed by atoms with E-state index < -0.39 is 17.5 Å². The summed E-state index contributed by atoms with van der Waals surface area (Å²) in [6.07, 6.45) is 0.564. The molecule has 29 heavy (non-hydrogen) atoms. The number of rotatable bonds is 3. The number of carbonyl (C=O) groups is 1. The molecule has 0 fully saturated rings. The molecule has 0 saturated heterocycles. The predicted molar refractivity (Wildman–Crippen MR) is 108 cm³/mol. The third kappa shape index (κ3) is 3.75. The van der Waals surface area contributed by atoms with Gasteiger partial charge in [-0.05, 0) is 36.8 Å². The van der Waals surface area contributed by atoms with Gasteiger partial charge in [-0.2, -0.15) is 0 Å². The summed E-state index contributed by atoms with van der Waals surface area (Å²) in [5.74, 6) is -1.82. The van der Waals surface area contributed by atoms with Crippen molar-refractivity contribution in [1.29, 1.82) is 0 Å². The van der Waals surface area contributed by atoms with E-state index in [0.717, 1.165) is 35.0 Å². The van der Waals surface area contributed by atoms with Crippen molar-refractivity contribution in [3.63, 3.8) is 0 Å². The first-order valence-corrected chi connectivity index (χ1v) is 9.51. The number of aryl methyl sites for hydroxylation is 1. The summed E-state index contributed by atoms with van der Waals surface area (Å²) in [7, 11) is 0. The van der Waals surface area contributed by atoms with Gasteiger partial charge in [0, 0.05) is 47.2 Å². The van der Waals surface area contributed by atoms with Gasteiger partial charge in [0.2, 0.25) is 5.91 Å². The molecule has 0 aliphatic carbocycles. The fraction of sp³-hybridized carbons (Fsp3) is 0.238. The van der Waals surface area contributed by atoms with Gasteiger partial charge in [0.1, 0.15) is 11.6 Å². The topological polar surface area (TPSA) is 65.2 Å². The summed E-state index contributed by atoms with van der Waals surface area (Å²) in [5.41, 5.74) is 2.70. The summed E-state index contributed by atoms with van der Waals surface area (Å²) < 4.78 is 27.0. The molecule has 4 rings (SSSR count). The standard InChI is InChI=1S/C21H18ClF2N3O2/c1-11-15(22)4-3-13-20(11)26-17-6-7-27(9-14(17)21(13)29)10-19(28)25-18-8-12(23)2-5-16(18)24/h2-5,8H,6-7,9-10H2,1H3,(H,25,28)(H,26,29). The molecule has 1 amide bonds. The van der Waals surface area contributed by atoms with E-state index >= 15 is 0 Å². The summed E-state index contributed by atoms with van der Waals surface area (Å²) in [6, 6.07) is 6.27. The number of aromatic nitrogens is 1. The first-order valence-electron chi connectivity index (χ1n) is 9.13. The number of hydrogen-bond donors (Lipinski definition) is 2. The van der Waals surface area contributed by atoms with Crippen LogP contribution in [0.25, 0.3) is 10.9 Å². The summed E-state index contributed by atoms with van der Waals surface area (Å²) >= 11 is 6.17. The largest absolute Gasteiger partial charge is 0.358 e. The number of halogens is 3. The van der Waals surface area contributed by atoms with Gasteiger partial charge in [0.15, 0.2) is 5.43 Å². The maximum absolute atomic E-state index is 13.7. The zero-order chi connectivity index (χ0) is 20.7. The average molecular weight is 418 g/mol. The van der Waals surface area contributed by atoms with E-state index in [1.807, 2.05) is 6.92 Å². The molecule has 2 aromatic carbocycles. The number of benzene rings is 2. The Morgan fingerprint density at radius 2 is 2.07 bits per heavy atom. The number of nitrogens with one attached hydrogen (secondary N) is 2. The molecule has 150 valence electrons. The van der Waals surface area contributed by atoms with Crippen LogP contribution in [0.15, 0.2) is 35.1 Å². The highest BCUT2D eigenvalue weighted by atomic mass is 35.5. The molecule has 2 N–H and O–H groups in total. The van der Waals surface area contributed by atoms with Crippen molar-refractivity contribution in [2.45, 2.75) is 19.9 Å². The van der Waals surface area contributed by atoms with Crippen LogP contribution in [-0.2, 0) is 17.8 Å². The molecule has 0 atom stereocenters. The van der Waals surface area contributed by atoms with E-state index in [0.29, 0.717) is 35.5 Å². The number of aromatic amines is 1. The third-order valence-corrected chi connectivity index (χ3v) is 5.60. The van der Waals surface area contributed by atoms with Crippen LogP contribution in [0.5, 0.6) is 0 Å². The van der Waals surface area contributed by atoms with E-state index in [-0.39, 0.29) is 17.7 Å². The Labute approximate surface area is 170 Å². The normalized spacial score (nSPS) is 14.1. The maximum Gasteiger partial charge on any atom is 0.238 e. The Kier molecular flexibility index (Phi) is 5.10. The number of amides is 1. The monoisotopic (exact) mass is 417 g/mol. The zero-order valence-electron chi connectivity index (χ0n) is 15.6. The Morgan fingerprint density at radius 1 is 1.28 bits per heavy atom. The minimum Gasteiger partial charge on any atom is -0.358 e. The van der Waals surface area contributed by atoms with Crippen LogP contribution in [0.3, 0.4) is 0 Å². The fourth-order valence-corrected chi connectivity index (χ4v) is 3.79. The van der Waals surface area contributed by atoms with E-state index in [1.54, 1.807) is 17.0 Å². The molecule has 2 heterocycles. The van der Waals surface area contributed by atoms with Crippen molar-refractivity contribution in [1.82, 2.24) is 9.88 Å². The van der Waals surface area contributed by atoms with E-state index in [1.165, 1.54) is 0 Å². The predicted octanol–water partition coefficient (Wildman–Crippen LogP) is 3.76. The molecule has 5 nitrogen and oxygen atoms in total. The fourth-order valence-electron chi connectivity index (χ4n) is 3.64. The van der Waals surface area contributed by atoms with E-state index in [9.17, 15) is 18.4 Å². The summed E-state index contributed by atoms with van der Waals surface area (Å²) in [6.45, 7) is 2.67. The quantitative estimate of drug-likeness (QED) is 0.682. The van der Waals surface area contributed by atoms with Crippen molar-refractivity contribution in [3.05, 3.63) is 74.0 Å². The Balaban J connectivity index is 1.55. The van der Waals surface area contributed by atoms with Gasteiger partial charge in [-0.25, -0.2) is 8.78 Å². The lowest BCUT2D eigenvalue weighted by Crippen LogP contribution is -2.39. The van der Waals surface area contributed by atoms with Gasteiger partial charge in [0.05, 0.1) is 17.7 Å². The molecule has 0 radical (unpaired) electrons. The first kappa shape index (κ1) is 19.5. The number of fused-ring (bicyclic) bond motifs is 2. The number of carbonyl (C=O) groups excluding carboxylic acids is 1. The Hall–Kier alpha value is -2.77. The second-order valence-electron chi connectivity index (χ2n) is 7.14. The lowest BCUT2D eigenvalue weighted by Gasteiger charge is -2.28. The van der Waals surface area contributed by atoms with Crippen LogP contribution in [0, 0.1) is 18.6 Å². The van der Waals surface area contributed by atoms with Crippen molar-refractivity contribution in [2.24, 2.45) is 0 Å². The highest BCUT2D eigenvalue weighted by molar-refractivity contribution is 6.32. The molecule has 0 bridgehead atoms. The molecular weight excluding hydrogens is 400 g/mol. The van der Waals surface area contributed by atoms with Crippen molar-refractivity contribution in [2.75, 3.05) is 18.4 Å².